The van der Waals surface area contributed by atoms with Crippen molar-refractivity contribution >= 4 is 46.6 Å². The number of methoxy groups -OCH3 is 2. The number of ether oxygens (including phenoxy) is 7. The summed E-state index contributed by atoms with van der Waals surface area (Å²) in [6, 6.07) is -1.08. The minimum Gasteiger partial charge on any atom is -0.501 e. The van der Waals surface area contributed by atoms with Gasteiger partial charge in [-0.1, -0.05) is 107 Å². The van der Waals surface area contributed by atoms with E-state index in [4.69, 9.17) is 54.6 Å². The lowest BCUT2D eigenvalue weighted by Crippen LogP contribution is -2.61. The lowest BCUT2D eigenvalue weighted by Gasteiger charge is -2.45. The highest BCUT2D eigenvalue weighted by atomic mass is 32.1. The number of carbonyl (C=O) groups is 3. The number of carbonyl (C=O) groups excluding carboxylic acids is 2. The van der Waals surface area contributed by atoms with Gasteiger partial charge >= 0.3 is 11.9 Å². The van der Waals surface area contributed by atoms with Gasteiger partial charge in [0.1, 0.15) is 40.7 Å². The fourth-order valence-corrected chi connectivity index (χ4v) is 10.7. The third-order valence-electron chi connectivity index (χ3n) is 13.4. The highest BCUT2D eigenvalue weighted by Gasteiger charge is 2.51. The molecule has 0 radical (unpaired) electrons. The van der Waals surface area contributed by atoms with Crippen molar-refractivity contribution in [2.24, 2.45) is 29.2 Å². The molecule has 4 aliphatic rings. The minimum absolute atomic E-state index is 0.0789. The number of nitrogens with zero attached hydrogens (tertiary/aromatic N) is 2. The molecule has 6 rings (SSSR count). The van der Waals surface area contributed by atoms with Gasteiger partial charge in [-0.25, -0.2) is 14.8 Å². The zero-order valence-corrected chi connectivity index (χ0v) is 48.1. The first-order valence-electron chi connectivity index (χ1n) is 26.7. The van der Waals surface area contributed by atoms with Crippen molar-refractivity contribution in [1.82, 2.24) is 9.97 Å². The van der Waals surface area contributed by atoms with Crippen LogP contribution in [0.5, 0.6) is 0 Å². The minimum atomic E-state index is -2.10. The van der Waals surface area contributed by atoms with E-state index in [-0.39, 0.29) is 43.3 Å². The monoisotopic (exact) mass is 1150 g/mol. The van der Waals surface area contributed by atoms with Gasteiger partial charge in [-0.15, -0.1) is 22.7 Å². The summed E-state index contributed by atoms with van der Waals surface area (Å²) >= 11 is 3.20. The zero-order chi connectivity index (χ0) is 58.7. The molecular weight excluding hydrogens is 1070 g/mol. The summed E-state index contributed by atoms with van der Waals surface area (Å²) in [6.45, 7) is 11.7. The third kappa shape index (κ3) is 20.6. The summed E-state index contributed by atoms with van der Waals surface area (Å²) in [6.07, 6.45) is 18.5. The first-order chi connectivity index (χ1) is 38.0. The van der Waals surface area contributed by atoms with Gasteiger partial charge in [-0.3, -0.25) is 9.59 Å². The maximum atomic E-state index is 12.3. The van der Waals surface area contributed by atoms with Crippen molar-refractivity contribution < 1.29 is 78.2 Å². The Bertz CT molecular complexity index is 2590. The maximum Gasteiger partial charge on any atom is 0.330 e. The highest BCUT2D eigenvalue weighted by molar-refractivity contribution is 7.14. The normalized spacial score (nSPS) is 34.2. The van der Waals surface area contributed by atoms with Crippen LogP contribution < -0.4 is 11.5 Å². The number of rotatable bonds is 15. The molecule has 2 aromatic rings. The molecule has 1 amide bonds. The van der Waals surface area contributed by atoms with Crippen molar-refractivity contribution in [3.05, 3.63) is 124 Å². The van der Waals surface area contributed by atoms with Crippen molar-refractivity contribution in [3.8, 4) is 10.7 Å². The second kappa shape index (κ2) is 31.8. The fourth-order valence-electron chi connectivity index (χ4n) is 9.00. The molecule has 0 spiro atoms. The van der Waals surface area contributed by atoms with Gasteiger partial charge in [0.15, 0.2) is 12.1 Å². The Kier molecular flexibility index (Phi) is 26.0. The molecule has 0 aliphatic carbocycles. The van der Waals surface area contributed by atoms with Crippen LogP contribution >= 0.6 is 22.7 Å². The third-order valence-corrected chi connectivity index (χ3v) is 15.4. The predicted octanol–water partition coefficient (Wildman–Crippen LogP) is 5.94. The molecule has 2 aromatic heterocycles. The van der Waals surface area contributed by atoms with Gasteiger partial charge in [0.2, 0.25) is 5.91 Å². The maximum absolute atomic E-state index is 12.3. The number of cyclic esters (lactones) is 1. The number of primary amides is 1. The Morgan fingerprint density at radius 3 is 2.27 bits per heavy atom. The number of carboxylic acids is 1. The number of fused-ring (bicyclic) bond motifs is 3. The van der Waals surface area contributed by atoms with E-state index >= 15 is 0 Å². The van der Waals surface area contributed by atoms with E-state index < -0.39 is 103 Å². The van der Waals surface area contributed by atoms with E-state index in [1.165, 1.54) is 25.3 Å². The number of aliphatic hydroxyl groups excluding tert-OH is 4. The van der Waals surface area contributed by atoms with Crippen LogP contribution in [0.3, 0.4) is 0 Å². The first kappa shape index (κ1) is 65.5. The van der Waals surface area contributed by atoms with E-state index in [1.54, 1.807) is 86.2 Å². The Balaban J connectivity index is 0.000000313. The Morgan fingerprint density at radius 1 is 0.875 bits per heavy atom. The van der Waals surface area contributed by atoms with Gasteiger partial charge in [0, 0.05) is 74.0 Å². The van der Waals surface area contributed by atoms with E-state index in [0.29, 0.717) is 18.1 Å². The number of hydrogen-bond acceptors (Lipinski definition) is 20. The van der Waals surface area contributed by atoms with E-state index in [9.17, 15) is 45.0 Å². The van der Waals surface area contributed by atoms with Gasteiger partial charge in [-0.05, 0) is 31.9 Å². The van der Waals surface area contributed by atoms with Crippen LogP contribution in [0.25, 0.3) is 16.8 Å². The average Bonchev–Trinajstić information content (AvgIpc) is 3.78. The van der Waals surface area contributed by atoms with Crippen LogP contribution in [0.15, 0.2) is 114 Å². The van der Waals surface area contributed by atoms with Crippen LogP contribution in [0.1, 0.15) is 90.3 Å². The zero-order valence-electron chi connectivity index (χ0n) is 46.5. The number of hydrogen-bond donors (Lipinski definition) is 8. The number of aliphatic carboxylic acids is 1. The van der Waals surface area contributed by atoms with E-state index in [1.807, 2.05) is 30.5 Å². The first-order valence-corrected chi connectivity index (χ1v) is 28.4. The van der Waals surface area contributed by atoms with Gasteiger partial charge in [0.05, 0.1) is 72.7 Å². The lowest BCUT2D eigenvalue weighted by molar-refractivity contribution is -0.308. The number of allylic oxidation sites excluding steroid dienone is 10. The molecule has 2 bridgehead atoms. The lowest BCUT2D eigenvalue weighted by atomic mass is 9.83. The van der Waals surface area contributed by atoms with Crippen LogP contribution in [-0.2, 0) is 47.5 Å². The second-order valence-electron chi connectivity index (χ2n) is 20.5. The van der Waals surface area contributed by atoms with E-state index in [0.717, 1.165) is 21.4 Å². The molecule has 0 saturated carbocycles. The van der Waals surface area contributed by atoms with Crippen molar-refractivity contribution in [1.29, 1.82) is 0 Å². The molecular formula is C58H80N4O16S2. The molecule has 3 saturated heterocycles. The summed E-state index contributed by atoms with van der Waals surface area (Å²) in [4.78, 5) is 45.1. The molecule has 440 valence electrons. The van der Waals surface area contributed by atoms with Crippen molar-refractivity contribution in [2.45, 2.75) is 165 Å². The van der Waals surface area contributed by atoms with Crippen molar-refractivity contribution in [2.75, 3.05) is 14.2 Å². The Morgan fingerprint density at radius 2 is 1.59 bits per heavy atom. The fraction of sp³-hybridized carbons (Fsp3) is 0.534. The predicted molar refractivity (Wildman–Crippen MR) is 303 cm³/mol. The Hall–Kier alpha value is -5.31. The average molecular weight is 1150 g/mol. The van der Waals surface area contributed by atoms with E-state index in [2.05, 4.69) is 50.5 Å². The number of esters is 1. The molecule has 17 atom stereocenters. The summed E-state index contributed by atoms with van der Waals surface area (Å²) in [5.74, 6) is -4.93. The standard InChI is InChI=1S/C33H47NO13.C25H33N3O3S2/c1-18-10-8-6-4-3-5-7-9-11-21(45-32-30(39)28(34)29(38)19(2)44-32)15-25-27(31(40)41)22(36)17-33(42,47-25)16-20(35)14-24-23(46-24)12-13-26(37)43-18;1-16(2)9-7-8-10-17(3)24-28-20(15-33-24)25-27-19(14-32-25)11-12-21(30-5)18(4)22(31-6)13-23(26)29/h3-9,11-13,18-25,27-30,32,35-36,38-39,42H,10,14-17,34H2,1-2H3,(H,40,41);7-18,21H,1-6H3,(H2,26,29)/b4-3+,7-5+,8-6+,11-9+,13-12+;9-7+,10-8+,12-11+,22-13+/t18-,19-,20+,21+,22+,23-,24-,25+,27-,28+,29-,30+,32+,33-;17?,18-,21+/m11/s1. The quantitative estimate of drug-likeness (QED) is 0.0336. The number of carboxylic acid groups (broad SMARTS) is 1. The van der Waals surface area contributed by atoms with Crippen LogP contribution in [-0.4, -0.2) is 158 Å². The van der Waals surface area contributed by atoms with Crippen molar-refractivity contribution in [3.63, 3.8) is 0 Å². The summed E-state index contributed by atoms with van der Waals surface area (Å²) < 4.78 is 39.4. The molecule has 1 unspecified atom stereocenters. The number of nitrogens with two attached hydrogens (primary N) is 2. The molecule has 4 aliphatic heterocycles. The van der Waals surface area contributed by atoms with Crippen LogP contribution in [0.4, 0.5) is 0 Å². The second-order valence-corrected chi connectivity index (χ2v) is 22.3. The number of aliphatic hydroxyl groups is 5. The molecule has 10 N–H and O–H groups in total. The topological polar surface area (TPSA) is 318 Å². The molecule has 20 nitrogen and oxygen atoms in total. The Labute approximate surface area is 476 Å². The number of aromatic nitrogens is 2. The molecule has 80 heavy (non-hydrogen) atoms. The van der Waals surface area contributed by atoms with Gasteiger partial charge in [-0.2, -0.15) is 0 Å². The number of epoxide rings is 1. The molecule has 0 aromatic carbocycles. The smallest absolute Gasteiger partial charge is 0.330 e. The SMILES string of the molecule is CO/C(=C/C(N)=O)[C@H](C)[C@H](/C=C/c1csc(-c2csc(C(C)/C=C/C=C/C(C)C)n2)n1)OC.C[C@@H]1C/C=C/C=C/C=C/C=C/[C@H](O[C@@H]2O[C@H](C)[C@@H](O)[C@H](N)[C@@H]2O)C[C@@H]2O[C@](O)(C[C@@H](O)C[C@H]3O[C@@H]3/C=C/C(=O)O1)C[C@H](O)[C@H]2C(=O)O. The molecule has 22 heteroatoms. The largest absolute Gasteiger partial charge is 0.501 e. The molecule has 6 heterocycles. The summed E-state index contributed by atoms with van der Waals surface area (Å²) in [5.41, 5.74) is 12.9. The van der Waals surface area contributed by atoms with Crippen LogP contribution in [0.2, 0.25) is 0 Å². The van der Waals surface area contributed by atoms with Gasteiger partial charge in [0.25, 0.3) is 0 Å². The number of amides is 1. The van der Waals surface area contributed by atoms with Gasteiger partial charge < -0.3 is 75.3 Å². The summed E-state index contributed by atoms with van der Waals surface area (Å²) in [5, 5.41) is 69.9. The summed E-state index contributed by atoms with van der Waals surface area (Å²) in [7, 11) is 3.12. The highest BCUT2D eigenvalue weighted by Crippen LogP contribution is 2.39. The van der Waals surface area contributed by atoms with Crippen LogP contribution in [0, 0.1) is 17.8 Å². The number of thiazole rings is 2. The molecule has 3 fully saturated rings.